The molecule has 4 aromatic rings. The van der Waals surface area contributed by atoms with E-state index in [2.05, 4.69) is 15.3 Å². The number of aromatic nitrogens is 3. The molecule has 8 nitrogen and oxygen atoms in total. The molecular formula is C22H19N5O3. The van der Waals surface area contributed by atoms with Crippen molar-refractivity contribution in [3.63, 3.8) is 0 Å². The molecule has 0 unspecified atom stereocenters. The van der Waals surface area contributed by atoms with Crippen LogP contribution in [0.2, 0.25) is 0 Å². The van der Waals surface area contributed by atoms with Crippen molar-refractivity contribution < 1.29 is 14.0 Å². The Balaban J connectivity index is 1.29. The van der Waals surface area contributed by atoms with E-state index in [1.807, 2.05) is 47.1 Å². The number of hydrogen-bond donors (Lipinski definition) is 1. The number of carbonyl (C=O) groups is 2. The van der Waals surface area contributed by atoms with Gasteiger partial charge < -0.3 is 14.6 Å². The van der Waals surface area contributed by atoms with Crippen molar-refractivity contribution in [2.24, 2.45) is 0 Å². The summed E-state index contributed by atoms with van der Waals surface area (Å²) in [5.74, 6) is 0.430. The van der Waals surface area contributed by atoms with Gasteiger partial charge in [0, 0.05) is 36.4 Å². The third-order valence-corrected chi connectivity index (χ3v) is 5.23. The summed E-state index contributed by atoms with van der Waals surface area (Å²) in [6, 6.07) is 12.1. The lowest BCUT2D eigenvalue weighted by Gasteiger charge is -2.23. The van der Waals surface area contributed by atoms with Crippen molar-refractivity contribution in [2.75, 3.05) is 11.9 Å². The molecule has 5 rings (SSSR count). The molecule has 1 aliphatic rings. The fourth-order valence-corrected chi connectivity index (χ4v) is 3.74. The summed E-state index contributed by atoms with van der Waals surface area (Å²) in [5.41, 5.74) is 2.40. The van der Waals surface area contributed by atoms with Crippen molar-refractivity contribution >= 4 is 23.3 Å². The van der Waals surface area contributed by atoms with Crippen molar-refractivity contribution in [1.82, 2.24) is 19.3 Å². The number of anilines is 1. The lowest BCUT2D eigenvalue weighted by molar-refractivity contribution is -0.119. The molecule has 0 aliphatic carbocycles. The number of fused-ring (bicyclic) bond motifs is 1. The van der Waals surface area contributed by atoms with Crippen LogP contribution in [-0.2, 0) is 4.79 Å². The zero-order valence-electron chi connectivity index (χ0n) is 16.1. The predicted molar refractivity (Wildman–Crippen MR) is 110 cm³/mol. The molecule has 8 heteroatoms. The van der Waals surface area contributed by atoms with E-state index >= 15 is 0 Å². The summed E-state index contributed by atoms with van der Waals surface area (Å²) in [4.78, 5) is 35.7. The first-order valence-corrected chi connectivity index (χ1v) is 9.74. The van der Waals surface area contributed by atoms with E-state index in [9.17, 15) is 9.59 Å². The highest BCUT2D eigenvalue weighted by atomic mass is 16.3. The lowest BCUT2D eigenvalue weighted by Crippen LogP contribution is -2.43. The minimum atomic E-state index is -0.508. The van der Waals surface area contributed by atoms with Crippen LogP contribution in [0.4, 0.5) is 5.69 Å². The third-order valence-electron chi connectivity index (χ3n) is 5.23. The quantitative estimate of drug-likeness (QED) is 0.567. The average molecular weight is 401 g/mol. The van der Waals surface area contributed by atoms with Gasteiger partial charge in [-0.05, 0) is 43.2 Å². The maximum Gasteiger partial charge on any atom is 0.290 e. The Kier molecular flexibility index (Phi) is 4.51. The highest BCUT2D eigenvalue weighted by Crippen LogP contribution is 2.24. The van der Waals surface area contributed by atoms with Crippen LogP contribution in [0.3, 0.4) is 0 Å². The molecular weight excluding hydrogens is 382 g/mol. The second-order valence-corrected chi connectivity index (χ2v) is 7.15. The number of benzene rings is 1. The second-order valence-electron chi connectivity index (χ2n) is 7.15. The lowest BCUT2D eigenvalue weighted by atomic mass is 10.1. The average Bonchev–Trinajstić information content (AvgIpc) is 3.54. The van der Waals surface area contributed by atoms with E-state index in [1.54, 1.807) is 23.2 Å². The van der Waals surface area contributed by atoms with E-state index in [4.69, 9.17) is 4.42 Å². The number of rotatable bonds is 4. The van der Waals surface area contributed by atoms with E-state index in [0.717, 1.165) is 17.7 Å². The number of imidazole rings is 1. The van der Waals surface area contributed by atoms with Gasteiger partial charge in [0.2, 0.25) is 11.7 Å². The third kappa shape index (κ3) is 3.32. The summed E-state index contributed by atoms with van der Waals surface area (Å²) in [5, 5.41) is 2.92. The van der Waals surface area contributed by atoms with Gasteiger partial charge in [-0.25, -0.2) is 9.97 Å². The van der Waals surface area contributed by atoms with Crippen LogP contribution >= 0.6 is 0 Å². The molecule has 1 aliphatic heterocycles. The van der Waals surface area contributed by atoms with E-state index < -0.39 is 6.04 Å². The van der Waals surface area contributed by atoms with Crippen LogP contribution in [0.15, 0.2) is 71.7 Å². The van der Waals surface area contributed by atoms with E-state index in [0.29, 0.717) is 24.4 Å². The normalized spacial score (nSPS) is 16.1. The second kappa shape index (κ2) is 7.47. The Morgan fingerprint density at radius 3 is 2.77 bits per heavy atom. The first-order valence-electron chi connectivity index (χ1n) is 9.74. The summed E-state index contributed by atoms with van der Waals surface area (Å²) < 4.78 is 7.05. The highest BCUT2D eigenvalue weighted by molar-refractivity contribution is 6.00. The zero-order chi connectivity index (χ0) is 20.5. The minimum absolute atomic E-state index is 0.197. The molecule has 1 saturated heterocycles. The van der Waals surface area contributed by atoms with Crippen molar-refractivity contribution in [2.45, 2.75) is 18.9 Å². The number of furan rings is 1. The highest BCUT2D eigenvalue weighted by Gasteiger charge is 2.35. The Bertz CT molecular complexity index is 1160. The molecule has 150 valence electrons. The fraction of sp³-hybridized carbons (Fsp3) is 0.182. The van der Waals surface area contributed by atoms with Gasteiger partial charge in [-0.1, -0.05) is 12.1 Å². The number of hydrogen-bond acceptors (Lipinski definition) is 5. The summed E-state index contributed by atoms with van der Waals surface area (Å²) >= 11 is 0. The van der Waals surface area contributed by atoms with Gasteiger partial charge in [-0.15, -0.1) is 0 Å². The van der Waals surface area contributed by atoms with Gasteiger partial charge in [0.15, 0.2) is 5.76 Å². The van der Waals surface area contributed by atoms with Gasteiger partial charge in [0.25, 0.3) is 5.91 Å². The van der Waals surface area contributed by atoms with E-state index in [-0.39, 0.29) is 17.6 Å². The molecule has 4 heterocycles. The number of amides is 2. The standard InChI is InChI=1S/C22H19N5O3/c28-20(18-4-1-12-27(18)21(29)19-5-2-13-30-19)24-16-8-6-15(7-9-16)17-14-26-11-3-10-23-22(26)25-17/h2-3,5-11,13-14,18H,1,4,12H2,(H,24,28)/t18-/m0/s1. The Labute approximate surface area is 172 Å². The van der Waals surface area contributed by atoms with Crippen LogP contribution in [0.25, 0.3) is 17.0 Å². The van der Waals surface area contributed by atoms with Crippen molar-refractivity contribution in [1.29, 1.82) is 0 Å². The largest absolute Gasteiger partial charge is 0.459 e. The molecule has 30 heavy (non-hydrogen) atoms. The molecule has 0 spiro atoms. The number of carbonyl (C=O) groups excluding carboxylic acids is 2. The first-order chi connectivity index (χ1) is 14.7. The zero-order valence-corrected chi connectivity index (χ0v) is 16.1. The van der Waals surface area contributed by atoms with Crippen molar-refractivity contribution in [3.05, 3.63) is 73.1 Å². The Morgan fingerprint density at radius 2 is 2.00 bits per heavy atom. The molecule has 1 aromatic carbocycles. The van der Waals surface area contributed by atoms with Crippen molar-refractivity contribution in [3.8, 4) is 11.3 Å². The summed E-state index contributed by atoms with van der Waals surface area (Å²) in [6.45, 7) is 0.540. The fourth-order valence-electron chi connectivity index (χ4n) is 3.74. The van der Waals surface area contributed by atoms with Gasteiger partial charge in [0.05, 0.1) is 12.0 Å². The molecule has 3 aromatic heterocycles. The number of likely N-dealkylation sites (tertiary alicyclic amines) is 1. The van der Waals surface area contributed by atoms with Gasteiger partial charge in [0.1, 0.15) is 6.04 Å². The topological polar surface area (TPSA) is 92.7 Å². The molecule has 0 radical (unpaired) electrons. The van der Waals surface area contributed by atoms with Crippen LogP contribution in [0.5, 0.6) is 0 Å². The van der Waals surface area contributed by atoms with Crippen LogP contribution in [0, 0.1) is 0 Å². The molecule has 1 N–H and O–H groups in total. The van der Waals surface area contributed by atoms with Gasteiger partial charge in [-0.3, -0.25) is 14.0 Å². The minimum Gasteiger partial charge on any atom is -0.459 e. The first kappa shape index (κ1) is 18.1. The van der Waals surface area contributed by atoms with Crippen LogP contribution in [-0.4, -0.2) is 43.7 Å². The summed E-state index contributed by atoms with van der Waals surface area (Å²) in [7, 11) is 0. The van der Waals surface area contributed by atoms with Gasteiger partial charge >= 0.3 is 0 Å². The SMILES string of the molecule is O=C(Nc1ccc(-c2cn3cccnc3n2)cc1)[C@@H]1CCCN1C(=O)c1ccco1. The maximum absolute atomic E-state index is 12.8. The molecule has 0 bridgehead atoms. The Hall–Kier alpha value is -3.94. The molecule has 1 atom stereocenters. The molecule has 2 amide bonds. The number of nitrogens with one attached hydrogen (secondary N) is 1. The molecule has 1 fully saturated rings. The van der Waals surface area contributed by atoms with E-state index in [1.165, 1.54) is 6.26 Å². The Morgan fingerprint density at radius 1 is 1.13 bits per heavy atom. The van der Waals surface area contributed by atoms with Gasteiger partial charge in [-0.2, -0.15) is 0 Å². The number of nitrogens with zero attached hydrogens (tertiary/aromatic N) is 4. The van der Waals surface area contributed by atoms with Crippen LogP contribution in [0.1, 0.15) is 23.4 Å². The monoisotopic (exact) mass is 401 g/mol. The molecule has 0 saturated carbocycles. The maximum atomic E-state index is 12.8. The van der Waals surface area contributed by atoms with Crippen LogP contribution < -0.4 is 5.32 Å². The smallest absolute Gasteiger partial charge is 0.290 e. The summed E-state index contributed by atoms with van der Waals surface area (Å²) in [6.07, 6.45) is 8.38. The predicted octanol–water partition coefficient (Wildman–Crippen LogP) is 3.23.